The van der Waals surface area contributed by atoms with Crippen LogP contribution in [0.2, 0.25) is 20.1 Å². The van der Waals surface area contributed by atoms with Crippen molar-refractivity contribution in [2.45, 2.75) is 23.6 Å². The molecule has 2 aromatic carbocycles. The van der Waals surface area contributed by atoms with Gasteiger partial charge in [0.15, 0.2) is 0 Å². The number of aryl methyl sites for hydroxylation is 2. The second kappa shape index (κ2) is 15.2. The molecule has 230 valence electrons. The van der Waals surface area contributed by atoms with E-state index in [0.29, 0.717) is 10.6 Å². The fraction of sp³-hybridized carbons (Fsp3) is 0.273. The van der Waals surface area contributed by atoms with Crippen LogP contribution in [0, 0.1) is 11.6 Å². The Kier molecular flexibility index (Phi) is 12.2. The molecule has 1 unspecified atom stereocenters. The number of nitrogens with zero attached hydrogens (tertiary/aromatic N) is 8. The summed E-state index contributed by atoms with van der Waals surface area (Å²) in [5.41, 5.74) is -0.758. The minimum atomic E-state index is -1.55. The number of carbonyl (C=O) groups excluding carboxylic acids is 2. The summed E-state index contributed by atoms with van der Waals surface area (Å²) in [4.78, 5) is 24.9. The van der Waals surface area contributed by atoms with E-state index in [1.54, 1.807) is 6.92 Å². The van der Waals surface area contributed by atoms with Crippen molar-refractivity contribution < 1.29 is 22.6 Å². The molecule has 2 heterocycles. The number of nitrogens with one attached hydrogen (secondary N) is 2. The van der Waals surface area contributed by atoms with Crippen LogP contribution in [-0.4, -0.2) is 67.9 Å². The Morgan fingerprint density at radius 2 is 1.33 bits per heavy atom. The van der Waals surface area contributed by atoms with Crippen molar-refractivity contribution in [3.05, 3.63) is 55.0 Å². The number of rotatable bonds is 8. The van der Waals surface area contributed by atoms with Crippen LogP contribution in [0.1, 0.15) is 34.6 Å². The molecule has 2 aromatic heterocycles. The van der Waals surface area contributed by atoms with Crippen LogP contribution >= 0.6 is 58.2 Å². The Bertz CT molecular complexity index is 1710. The molecule has 0 bridgehead atoms. The van der Waals surface area contributed by atoms with E-state index in [2.05, 4.69) is 41.7 Å². The second-order valence-electron chi connectivity index (χ2n) is 7.94. The number of carbonyl (C=O) groups is 2. The normalized spacial score (nSPS) is 11.5. The Hall–Kier alpha value is -2.96. The summed E-state index contributed by atoms with van der Waals surface area (Å²) in [5.74, 6) is -2.36. The average Bonchev–Trinajstić information content (AvgIpc) is 3.53. The highest BCUT2D eigenvalue weighted by Crippen LogP contribution is 2.38. The molecule has 0 aliphatic carbocycles. The molecule has 4 rings (SSSR count). The zero-order valence-electron chi connectivity index (χ0n) is 22.5. The molecule has 0 saturated carbocycles. The monoisotopic (exact) mass is 714 g/mol. The lowest BCUT2D eigenvalue weighted by Gasteiger charge is -2.11. The second-order valence-corrected chi connectivity index (χ2v) is 12.5. The average molecular weight is 716 g/mol. The van der Waals surface area contributed by atoms with Gasteiger partial charge in [0.2, 0.25) is 11.9 Å². The molecule has 0 spiro atoms. The van der Waals surface area contributed by atoms with Crippen LogP contribution in [0.3, 0.4) is 0 Å². The van der Waals surface area contributed by atoms with E-state index in [-0.39, 0.29) is 48.2 Å². The van der Waals surface area contributed by atoms with Gasteiger partial charge in [-0.25, -0.2) is 18.1 Å². The number of halogens is 6. The van der Waals surface area contributed by atoms with Gasteiger partial charge in [0.05, 0.1) is 46.9 Å². The molecule has 0 fully saturated rings. The molecule has 0 aliphatic heterocycles. The summed E-state index contributed by atoms with van der Waals surface area (Å²) >= 11 is 25.3. The zero-order chi connectivity index (χ0) is 32.0. The van der Waals surface area contributed by atoms with Crippen LogP contribution in [0.5, 0.6) is 0 Å². The fourth-order valence-corrected chi connectivity index (χ4v) is 6.65. The number of anilines is 2. The predicted octanol–water partition coefficient (Wildman–Crippen LogP) is 5.06. The van der Waals surface area contributed by atoms with Gasteiger partial charge in [0.1, 0.15) is 11.6 Å². The summed E-state index contributed by atoms with van der Waals surface area (Å²) < 4.78 is 42.5. The van der Waals surface area contributed by atoms with E-state index in [1.807, 2.05) is 6.92 Å². The van der Waals surface area contributed by atoms with E-state index in [0.717, 1.165) is 12.1 Å². The van der Waals surface area contributed by atoms with Gasteiger partial charge in [-0.1, -0.05) is 70.4 Å². The van der Waals surface area contributed by atoms with Crippen molar-refractivity contribution in [1.29, 1.82) is 0 Å². The third kappa shape index (κ3) is 7.96. The lowest BCUT2D eigenvalue weighted by molar-refractivity contribution is 0.101. The number of benzene rings is 2. The van der Waals surface area contributed by atoms with Gasteiger partial charge in [-0.15, -0.1) is 11.8 Å². The third-order valence-electron chi connectivity index (χ3n) is 5.18. The maximum absolute atomic E-state index is 14.1. The van der Waals surface area contributed by atoms with Crippen molar-refractivity contribution in [3.8, 4) is 0 Å². The topological polar surface area (TPSA) is 162 Å². The van der Waals surface area contributed by atoms with E-state index >= 15 is 0 Å². The summed E-state index contributed by atoms with van der Waals surface area (Å²) in [6.07, 6.45) is 0. The Morgan fingerprint density at radius 1 is 0.860 bits per heavy atom. The van der Waals surface area contributed by atoms with E-state index in [9.17, 15) is 22.6 Å². The van der Waals surface area contributed by atoms with Crippen molar-refractivity contribution in [2.75, 3.05) is 22.1 Å². The van der Waals surface area contributed by atoms with E-state index < -0.39 is 39.8 Å². The lowest BCUT2D eigenvalue weighted by atomic mass is 10.2. The fourth-order valence-electron chi connectivity index (χ4n) is 3.19. The van der Waals surface area contributed by atoms with Crippen LogP contribution in [-0.2, 0) is 24.9 Å². The van der Waals surface area contributed by atoms with Crippen molar-refractivity contribution >= 4 is 92.7 Å². The highest BCUT2D eigenvalue weighted by Gasteiger charge is 2.26. The molecule has 1 atom stereocenters. The van der Waals surface area contributed by atoms with Gasteiger partial charge in [-0.05, 0) is 38.7 Å². The maximum Gasteiger partial charge on any atom is 0.262 e. The van der Waals surface area contributed by atoms with Crippen LogP contribution in [0.15, 0.2) is 21.9 Å². The summed E-state index contributed by atoms with van der Waals surface area (Å²) in [6.45, 7) is 3.54. The largest absolute Gasteiger partial charge is 0.289 e. The molecule has 4 aromatic rings. The minimum Gasteiger partial charge on any atom is -0.289 e. The highest BCUT2D eigenvalue weighted by atomic mass is 35.5. The lowest BCUT2D eigenvalue weighted by Crippen LogP contribution is -2.18. The zero-order valence-corrected chi connectivity index (χ0v) is 27.1. The Morgan fingerprint density at radius 3 is 1.74 bits per heavy atom. The molecule has 0 aliphatic rings. The van der Waals surface area contributed by atoms with Gasteiger partial charge < -0.3 is 0 Å². The van der Waals surface area contributed by atoms with Crippen LogP contribution < -0.4 is 10.6 Å². The first-order valence-corrected chi connectivity index (χ1v) is 15.6. The first-order chi connectivity index (χ1) is 20.3. The molecule has 0 radical (unpaired) electrons. The highest BCUT2D eigenvalue weighted by molar-refractivity contribution is 7.99. The molecule has 21 heteroatoms. The summed E-state index contributed by atoms with van der Waals surface area (Å²) in [7, 11) is 1.48. The van der Waals surface area contributed by atoms with Gasteiger partial charge in [0.25, 0.3) is 11.8 Å². The van der Waals surface area contributed by atoms with Gasteiger partial charge in [-0.2, -0.15) is 0 Å². The molecule has 0 saturated heterocycles. The number of hydrogen-bond donors (Lipinski definition) is 2. The molecule has 13 nitrogen and oxygen atoms in total. The minimum absolute atomic E-state index is 0.00795. The molecular weight excluding hydrogens is 696 g/mol. The van der Waals surface area contributed by atoms with Gasteiger partial charge in [0, 0.05) is 24.7 Å². The summed E-state index contributed by atoms with van der Waals surface area (Å²) in [5, 5.41) is 25.4. The Labute approximate surface area is 269 Å². The predicted molar refractivity (Wildman–Crippen MR) is 160 cm³/mol. The number of aromatic nitrogens is 8. The van der Waals surface area contributed by atoms with E-state index in [1.165, 1.54) is 35.2 Å². The molecular formula is C22H20Cl4F2N10O3S2. The number of amides is 2. The van der Waals surface area contributed by atoms with Crippen molar-refractivity contribution in [3.63, 3.8) is 0 Å². The van der Waals surface area contributed by atoms with Crippen molar-refractivity contribution in [1.82, 2.24) is 40.4 Å². The molecule has 2 amide bonds. The van der Waals surface area contributed by atoms with E-state index in [4.69, 9.17) is 46.4 Å². The standard InChI is InChI=1S/C11H10Cl2FN5O2S.C11H10Cl2FN5OS/c1-3-22(21)9-5(12)4-6(14)7(8(9)13)10(20)15-11-16-17-18-19(11)2;1-3-21-9-5(12)4-6(14)7(8(9)13)10(20)15-11-16-17-18-19(11)2/h4H,3H2,1-2H3,(H,15,16,18,20);4H,3H2,1-2H3,(H,15,16,18,20). The van der Waals surface area contributed by atoms with Crippen LogP contribution in [0.4, 0.5) is 20.7 Å². The number of tetrazole rings is 2. The maximum atomic E-state index is 14.1. The number of thioether (sulfide) groups is 1. The van der Waals surface area contributed by atoms with Gasteiger partial charge in [-0.3, -0.25) is 24.4 Å². The summed E-state index contributed by atoms with van der Waals surface area (Å²) in [6, 6.07) is 1.97. The Balaban J connectivity index is 0.000000236. The smallest absolute Gasteiger partial charge is 0.262 e. The first kappa shape index (κ1) is 34.5. The molecule has 43 heavy (non-hydrogen) atoms. The molecule has 2 N–H and O–H groups in total. The van der Waals surface area contributed by atoms with Gasteiger partial charge >= 0.3 is 0 Å². The van der Waals surface area contributed by atoms with Crippen LogP contribution in [0.25, 0.3) is 0 Å². The number of hydrogen-bond acceptors (Lipinski definition) is 10. The quantitative estimate of drug-likeness (QED) is 0.236. The first-order valence-electron chi connectivity index (χ1n) is 11.8. The van der Waals surface area contributed by atoms with Crippen molar-refractivity contribution in [2.24, 2.45) is 14.1 Å². The third-order valence-corrected chi connectivity index (χ3v) is 9.39. The SMILES string of the molecule is CCS(=O)c1c(Cl)cc(F)c(C(=O)Nc2nnnn2C)c1Cl.CCSc1c(Cl)cc(F)c(C(=O)Nc2nnnn2C)c1Cl.